The molecular weight excluding hydrogens is 543 g/mol. The lowest BCUT2D eigenvalue weighted by molar-refractivity contribution is -0.137. The number of rotatable bonds is 5. The zero-order chi connectivity index (χ0) is 27.6. The van der Waals surface area contributed by atoms with Gasteiger partial charge in [-0.25, -0.2) is 23.4 Å². The Morgan fingerprint density at radius 3 is 2.61 bits per heavy atom. The maximum atomic E-state index is 13.9. The van der Waals surface area contributed by atoms with Crippen LogP contribution in [0.2, 0.25) is 0 Å². The Hall–Kier alpha value is -3.04. The molecule has 0 unspecified atom stereocenters. The Kier molecular flexibility index (Phi) is 6.30. The fourth-order valence-corrected chi connectivity index (χ4v) is 7.49. The Labute approximate surface area is 221 Å². The molecule has 0 saturated carbocycles. The monoisotopic (exact) mass is 569 g/mol. The van der Waals surface area contributed by atoms with Crippen molar-refractivity contribution in [3.8, 4) is 10.6 Å². The van der Waals surface area contributed by atoms with Crippen LogP contribution in [0.4, 0.5) is 19.1 Å². The maximum Gasteiger partial charge on any atom is 0.420 e. The number of anilines is 1. The quantitative estimate of drug-likeness (QED) is 0.483. The number of imidazole rings is 1. The van der Waals surface area contributed by atoms with Gasteiger partial charge in [0.05, 0.1) is 28.0 Å². The Bertz CT molecular complexity index is 1510. The summed E-state index contributed by atoms with van der Waals surface area (Å²) in [5.74, 6) is -0.524. The van der Waals surface area contributed by atoms with Crippen molar-refractivity contribution < 1.29 is 26.4 Å². The summed E-state index contributed by atoms with van der Waals surface area (Å²) in [6.07, 6.45) is -0.702. The number of nitrogens with one attached hydrogen (secondary N) is 2. The fourth-order valence-electron chi connectivity index (χ4n) is 4.76. The number of sulfonamides is 1. The van der Waals surface area contributed by atoms with E-state index >= 15 is 0 Å². The highest BCUT2D eigenvalue weighted by molar-refractivity contribution is 7.89. The summed E-state index contributed by atoms with van der Waals surface area (Å²) in [4.78, 5) is 25.3. The van der Waals surface area contributed by atoms with Gasteiger partial charge in [-0.2, -0.15) is 17.5 Å². The second-order valence-corrected chi connectivity index (χ2v) is 13.1. The molecule has 3 aromatic heterocycles. The number of aromatic nitrogens is 4. The summed E-state index contributed by atoms with van der Waals surface area (Å²) in [7, 11) is -2.08. The molecule has 2 aliphatic heterocycles. The van der Waals surface area contributed by atoms with E-state index in [2.05, 4.69) is 25.6 Å². The molecule has 1 saturated heterocycles. The summed E-state index contributed by atoms with van der Waals surface area (Å²) in [5, 5.41) is 5.88. The van der Waals surface area contributed by atoms with Crippen molar-refractivity contribution in [2.75, 3.05) is 18.4 Å². The molecule has 1 fully saturated rings. The molecule has 2 atom stereocenters. The van der Waals surface area contributed by atoms with Crippen molar-refractivity contribution in [1.82, 2.24) is 29.1 Å². The predicted octanol–water partition coefficient (Wildman–Crippen LogP) is 3.45. The fraction of sp³-hybridized carbons (Fsp3) is 0.478. The molecule has 204 valence electrons. The molecule has 0 aliphatic carbocycles. The van der Waals surface area contributed by atoms with Gasteiger partial charge in [0.2, 0.25) is 5.95 Å². The molecule has 15 heteroatoms. The normalized spacial score (nSPS) is 21.8. The lowest BCUT2D eigenvalue weighted by atomic mass is 9.95. The maximum absolute atomic E-state index is 13.9. The van der Waals surface area contributed by atoms with Gasteiger partial charge in [0.1, 0.15) is 5.56 Å². The van der Waals surface area contributed by atoms with Crippen LogP contribution in [-0.2, 0) is 28.8 Å². The molecule has 0 radical (unpaired) electrons. The van der Waals surface area contributed by atoms with Gasteiger partial charge in [0.25, 0.3) is 15.9 Å². The van der Waals surface area contributed by atoms with Gasteiger partial charge in [0, 0.05) is 43.4 Å². The number of hydrogen-bond acceptors (Lipinski definition) is 8. The molecule has 3 aromatic rings. The summed E-state index contributed by atoms with van der Waals surface area (Å²) in [6.45, 7) is 5.84. The number of piperidine rings is 1. The third kappa shape index (κ3) is 4.66. The van der Waals surface area contributed by atoms with Crippen LogP contribution in [0.3, 0.4) is 0 Å². The SMILES string of the molecule is C[C@@H]1CN(S(=O)(=O)c2cn(C)cn2)CC[C@@H]1Nc1ncc(C(F)(F)F)c(-c2cc3c(s2)C(C)(C)NC3=O)n1. The highest BCUT2D eigenvalue weighted by atomic mass is 32.2. The van der Waals surface area contributed by atoms with Crippen LogP contribution in [0.5, 0.6) is 0 Å². The van der Waals surface area contributed by atoms with E-state index in [1.54, 1.807) is 25.5 Å². The van der Waals surface area contributed by atoms with Crippen molar-refractivity contribution in [3.63, 3.8) is 0 Å². The molecule has 0 aromatic carbocycles. The summed E-state index contributed by atoms with van der Waals surface area (Å²) in [5.41, 5.74) is -1.65. The van der Waals surface area contributed by atoms with Crippen LogP contribution in [-0.4, -0.2) is 57.3 Å². The smallest absolute Gasteiger partial charge is 0.351 e. The molecule has 38 heavy (non-hydrogen) atoms. The highest BCUT2D eigenvalue weighted by Gasteiger charge is 2.41. The number of nitrogens with zero attached hydrogens (tertiary/aromatic N) is 5. The third-order valence-electron chi connectivity index (χ3n) is 6.77. The van der Waals surface area contributed by atoms with Gasteiger partial charge < -0.3 is 15.2 Å². The summed E-state index contributed by atoms with van der Waals surface area (Å²) < 4.78 is 70.4. The van der Waals surface area contributed by atoms with Crippen molar-refractivity contribution in [3.05, 3.63) is 40.8 Å². The molecule has 0 spiro atoms. The number of fused-ring (bicyclic) bond motifs is 1. The lowest BCUT2D eigenvalue weighted by Gasteiger charge is -2.36. The van der Waals surface area contributed by atoms with Gasteiger partial charge in [-0.1, -0.05) is 6.92 Å². The lowest BCUT2D eigenvalue weighted by Crippen LogP contribution is -2.47. The molecule has 10 nitrogen and oxygen atoms in total. The van der Waals surface area contributed by atoms with Crippen LogP contribution in [0.25, 0.3) is 10.6 Å². The second-order valence-electron chi connectivity index (χ2n) is 10.1. The second kappa shape index (κ2) is 9.02. The van der Waals surface area contributed by atoms with E-state index in [0.29, 0.717) is 16.9 Å². The van der Waals surface area contributed by atoms with Crippen molar-refractivity contribution in [2.24, 2.45) is 13.0 Å². The number of aryl methyl sites for hydroxylation is 1. The number of amides is 1. The zero-order valence-electron chi connectivity index (χ0n) is 21.0. The minimum absolute atomic E-state index is 0.00292. The van der Waals surface area contributed by atoms with E-state index in [-0.39, 0.29) is 52.5 Å². The van der Waals surface area contributed by atoms with E-state index < -0.39 is 27.3 Å². The van der Waals surface area contributed by atoms with Crippen LogP contribution in [0.15, 0.2) is 29.8 Å². The molecule has 2 N–H and O–H groups in total. The molecular formula is C23H26F3N7O3S2. The average Bonchev–Trinajstić information content (AvgIpc) is 3.51. The number of alkyl halides is 3. The number of carbonyl (C=O) groups is 1. The molecule has 1 amide bonds. The first-order valence-corrected chi connectivity index (χ1v) is 14.1. The average molecular weight is 570 g/mol. The minimum Gasteiger partial charge on any atom is -0.351 e. The first kappa shape index (κ1) is 26.6. The molecule has 5 rings (SSSR count). The molecule has 0 bridgehead atoms. The van der Waals surface area contributed by atoms with Crippen molar-refractivity contribution >= 4 is 33.2 Å². The zero-order valence-corrected chi connectivity index (χ0v) is 22.6. The van der Waals surface area contributed by atoms with Crippen LogP contribution < -0.4 is 10.6 Å². The first-order chi connectivity index (χ1) is 17.7. The van der Waals surface area contributed by atoms with E-state index in [0.717, 1.165) is 17.5 Å². The van der Waals surface area contributed by atoms with Gasteiger partial charge in [0.15, 0.2) is 5.03 Å². The van der Waals surface area contributed by atoms with Crippen LogP contribution in [0, 0.1) is 5.92 Å². The van der Waals surface area contributed by atoms with Gasteiger partial charge in [-0.3, -0.25) is 4.79 Å². The highest BCUT2D eigenvalue weighted by Crippen LogP contribution is 2.44. The van der Waals surface area contributed by atoms with Gasteiger partial charge >= 0.3 is 6.18 Å². The predicted molar refractivity (Wildman–Crippen MR) is 134 cm³/mol. The first-order valence-electron chi connectivity index (χ1n) is 11.8. The Morgan fingerprint density at radius 2 is 2.00 bits per heavy atom. The van der Waals surface area contributed by atoms with E-state index in [1.165, 1.54) is 22.9 Å². The third-order valence-corrected chi connectivity index (χ3v) is 9.98. The molecule has 2 aliphatic rings. The number of thiophene rings is 1. The van der Waals surface area contributed by atoms with Crippen LogP contribution >= 0.6 is 11.3 Å². The molecule has 5 heterocycles. The van der Waals surface area contributed by atoms with Gasteiger partial charge in [-0.15, -0.1) is 11.3 Å². The Morgan fingerprint density at radius 1 is 1.26 bits per heavy atom. The number of halogens is 3. The van der Waals surface area contributed by atoms with E-state index in [4.69, 9.17) is 0 Å². The largest absolute Gasteiger partial charge is 0.420 e. The van der Waals surface area contributed by atoms with Crippen molar-refractivity contribution in [1.29, 1.82) is 0 Å². The van der Waals surface area contributed by atoms with Crippen molar-refractivity contribution in [2.45, 2.75) is 50.0 Å². The van der Waals surface area contributed by atoms with E-state index in [1.807, 2.05) is 6.92 Å². The topological polar surface area (TPSA) is 122 Å². The Balaban J connectivity index is 1.40. The van der Waals surface area contributed by atoms with Gasteiger partial charge in [-0.05, 0) is 32.3 Å². The number of carbonyl (C=O) groups excluding carboxylic acids is 1. The minimum atomic E-state index is -4.70. The number of hydrogen-bond donors (Lipinski definition) is 2. The van der Waals surface area contributed by atoms with Crippen LogP contribution in [0.1, 0.15) is 48.0 Å². The summed E-state index contributed by atoms with van der Waals surface area (Å²) in [6, 6.07) is 1.17. The standard InChI is InChI=1S/C23H26F3N7O3S2/c1-12-9-33(38(35,36)17-10-32(4)11-28-17)6-5-15(12)29-21-27-8-14(23(24,25)26)18(30-21)16-7-13-19(37-16)22(2,3)31-20(13)34/h7-8,10-12,15H,5-6,9H2,1-4H3,(H,31,34)(H,27,29,30)/t12-,15+/m1/s1. The van der Waals surface area contributed by atoms with E-state index in [9.17, 15) is 26.4 Å². The summed E-state index contributed by atoms with van der Waals surface area (Å²) >= 11 is 1.09.